The number of ether oxygens (including phenoxy) is 1. The molecule has 0 saturated carbocycles. The van der Waals surface area contributed by atoms with Gasteiger partial charge in [-0.1, -0.05) is 23.7 Å². The Balaban J connectivity index is 1.78. The number of nitrogens with zero attached hydrogens (tertiary/aromatic N) is 2. The van der Waals surface area contributed by atoms with E-state index < -0.39 is 18.1 Å². The molecule has 2 amide bonds. The third-order valence-corrected chi connectivity index (χ3v) is 5.46. The Hall–Kier alpha value is -2.57. The van der Waals surface area contributed by atoms with Gasteiger partial charge in [-0.05, 0) is 55.8 Å². The zero-order valence-corrected chi connectivity index (χ0v) is 16.6. The van der Waals surface area contributed by atoms with Crippen molar-refractivity contribution in [2.45, 2.75) is 32.0 Å². The van der Waals surface area contributed by atoms with E-state index in [1.807, 2.05) is 50.2 Å². The Bertz CT molecular complexity index is 898. The fourth-order valence-electron chi connectivity index (χ4n) is 3.90. The van der Waals surface area contributed by atoms with Crippen LogP contribution >= 0.6 is 11.6 Å². The molecule has 0 aromatic heterocycles. The first-order valence-corrected chi connectivity index (χ1v) is 9.52. The third kappa shape index (κ3) is 2.93. The van der Waals surface area contributed by atoms with Crippen LogP contribution < -0.4 is 9.80 Å². The molecule has 146 valence electrons. The number of hydroxylamine groups is 1. The molecule has 0 unspecified atom stereocenters. The topological polar surface area (TPSA) is 59.1 Å². The highest BCUT2D eigenvalue weighted by atomic mass is 35.5. The molecule has 0 spiro atoms. The summed E-state index contributed by atoms with van der Waals surface area (Å²) in [5.74, 6) is -0.392. The molecule has 0 bridgehead atoms. The van der Waals surface area contributed by atoms with E-state index in [0.29, 0.717) is 5.02 Å². The normalized spacial score (nSPS) is 24.2. The highest BCUT2D eigenvalue weighted by Gasteiger charge is 2.60. The Labute approximate surface area is 168 Å². The maximum Gasteiger partial charge on any atom is 0.262 e. The molecule has 2 heterocycles. The van der Waals surface area contributed by atoms with Gasteiger partial charge in [0.1, 0.15) is 11.7 Å². The van der Waals surface area contributed by atoms with Crippen molar-refractivity contribution >= 4 is 29.1 Å². The van der Waals surface area contributed by atoms with Gasteiger partial charge in [-0.15, -0.1) is 0 Å². The molecule has 2 aliphatic heterocycles. The van der Waals surface area contributed by atoms with Crippen LogP contribution in [0.3, 0.4) is 0 Å². The van der Waals surface area contributed by atoms with Gasteiger partial charge in [0.2, 0.25) is 5.91 Å². The zero-order valence-electron chi connectivity index (χ0n) is 15.8. The van der Waals surface area contributed by atoms with Crippen molar-refractivity contribution < 1.29 is 19.2 Å². The fraction of sp³-hybridized carbons (Fsp3) is 0.333. The minimum Gasteiger partial charge on any atom is -0.497 e. The minimum absolute atomic E-state index is 0.206. The van der Waals surface area contributed by atoms with Gasteiger partial charge < -0.3 is 4.74 Å². The molecule has 7 heteroatoms. The number of fused-ring (bicyclic) bond motifs is 1. The lowest BCUT2D eigenvalue weighted by Crippen LogP contribution is -2.41. The van der Waals surface area contributed by atoms with E-state index in [2.05, 4.69) is 0 Å². The Morgan fingerprint density at radius 1 is 1.00 bits per heavy atom. The highest BCUT2D eigenvalue weighted by molar-refractivity contribution is 6.30. The van der Waals surface area contributed by atoms with Gasteiger partial charge in [0.05, 0.1) is 18.8 Å². The van der Waals surface area contributed by atoms with Crippen LogP contribution in [0.2, 0.25) is 5.02 Å². The summed E-state index contributed by atoms with van der Waals surface area (Å²) in [5, 5.41) is 2.25. The molecule has 2 aromatic rings. The van der Waals surface area contributed by atoms with Crippen LogP contribution in [-0.4, -0.2) is 36.0 Å². The van der Waals surface area contributed by atoms with Crippen molar-refractivity contribution in [3.63, 3.8) is 0 Å². The quantitative estimate of drug-likeness (QED) is 0.734. The number of likely N-dealkylation sites (tertiary alicyclic amines) is 1. The second-order valence-electron chi connectivity index (χ2n) is 7.21. The number of carbonyl (C=O) groups excluding carboxylic acids is 2. The smallest absolute Gasteiger partial charge is 0.262 e. The van der Waals surface area contributed by atoms with Gasteiger partial charge in [0, 0.05) is 11.1 Å². The summed E-state index contributed by atoms with van der Waals surface area (Å²) in [7, 11) is 1.60. The Morgan fingerprint density at radius 2 is 1.64 bits per heavy atom. The summed E-state index contributed by atoms with van der Waals surface area (Å²) < 4.78 is 5.24. The van der Waals surface area contributed by atoms with Crippen molar-refractivity contribution in [2.75, 3.05) is 12.2 Å². The average molecular weight is 401 g/mol. The highest BCUT2D eigenvalue weighted by Crippen LogP contribution is 2.47. The van der Waals surface area contributed by atoms with Crippen LogP contribution in [0.25, 0.3) is 0 Å². The number of halogens is 1. The third-order valence-electron chi connectivity index (χ3n) is 5.20. The maximum absolute atomic E-state index is 13.1. The molecule has 3 atom stereocenters. The predicted molar refractivity (Wildman–Crippen MR) is 105 cm³/mol. The average Bonchev–Trinajstić information content (AvgIpc) is 3.19. The number of hydrogen-bond donors (Lipinski definition) is 0. The first kappa shape index (κ1) is 18.8. The fourth-order valence-corrected chi connectivity index (χ4v) is 4.02. The van der Waals surface area contributed by atoms with Crippen molar-refractivity contribution in [1.82, 2.24) is 4.90 Å². The van der Waals surface area contributed by atoms with E-state index in [0.717, 1.165) is 17.0 Å². The minimum atomic E-state index is -0.835. The summed E-state index contributed by atoms with van der Waals surface area (Å²) in [5.41, 5.74) is 1.60. The zero-order chi connectivity index (χ0) is 20.0. The number of imide groups is 1. The molecule has 2 saturated heterocycles. The van der Waals surface area contributed by atoms with Crippen LogP contribution in [0.5, 0.6) is 5.75 Å². The van der Waals surface area contributed by atoms with Gasteiger partial charge >= 0.3 is 0 Å². The number of methoxy groups -OCH3 is 1. The van der Waals surface area contributed by atoms with E-state index in [-0.39, 0.29) is 17.9 Å². The van der Waals surface area contributed by atoms with E-state index in [1.54, 1.807) is 24.3 Å². The molecule has 28 heavy (non-hydrogen) atoms. The van der Waals surface area contributed by atoms with Crippen molar-refractivity contribution in [3.05, 3.63) is 59.1 Å². The molecule has 0 N–H and O–H groups in total. The molecule has 0 radical (unpaired) electrons. The second-order valence-corrected chi connectivity index (χ2v) is 7.65. The number of benzene rings is 2. The largest absolute Gasteiger partial charge is 0.497 e. The van der Waals surface area contributed by atoms with E-state index >= 15 is 0 Å². The second kappa shape index (κ2) is 7.11. The molecule has 6 nitrogen and oxygen atoms in total. The molecule has 2 aliphatic rings. The van der Waals surface area contributed by atoms with Gasteiger partial charge in [-0.2, -0.15) is 0 Å². The van der Waals surface area contributed by atoms with Crippen molar-refractivity contribution in [1.29, 1.82) is 0 Å². The molecule has 4 rings (SSSR count). The summed E-state index contributed by atoms with van der Waals surface area (Å²) in [6.45, 7) is 3.66. The Morgan fingerprint density at radius 3 is 2.21 bits per heavy atom. The molecular weight excluding hydrogens is 380 g/mol. The lowest BCUT2D eigenvalue weighted by atomic mass is 9.90. The molecule has 2 aromatic carbocycles. The lowest BCUT2D eigenvalue weighted by Gasteiger charge is -2.29. The first-order valence-electron chi connectivity index (χ1n) is 9.15. The monoisotopic (exact) mass is 400 g/mol. The molecule has 2 fully saturated rings. The van der Waals surface area contributed by atoms with Gasteiger partial charge in [0.15, 0.2) is 6.10 Å². The summed E-state index contributed by atoms with van der Waals surface area (Å²) in [4.78, 5) is 33.3. The van der Waals surface area contributed by atoms with Crippen LogP contribution in [-0.2, 0) is 14.4 Å². The summed E-state index contributed by atoms with van der Waals surface area (Å²) >= 11 is 6.01. The van der Waals surface area contributed by atoms with Crippen LogP contribution in [0, 0.1) is 5.92 Å². The first-order chi connectivity index (χ1) is 13.4. The number of anilines is 1. The van der Waals surface area contributed by atoms with Crippen molar-refractivity contribution in [2.24, 2.45) is 5.92 Å². The van der Waals surface area contributed by atoms with Crippen LogP contribution in [0.4, 0.5) is 5.69 Å². The van der Waals surface area contributed by atoms with Crippen LogP contribution in [0.1, 0.15) is 25.5 Å². The van der Waals surface area contributed by atoms with E-state index in [4.69, 9.17) is 21.2 Å². The van der Waals surface area contributed by atoms with Crippen LogP contribution in [0.15, 0.2) is 48.5 Å². The van der Waals surface area contributed by atoms with E-state index in [9.17, 15) is 9.59 Å². The number of rotatable bonds is 4. The standard InChI is InChI=1S/C21H21ClN2O4/c1-12(2)23-20(25)17-18(13-4-10-16(27-3)11-5-13)24(28-19(17)21(23)26)15-8-6-14(22)7-9-15/h4-12,17-19H,1-3H3/t17-,18-,19+/m1/s1. The lowest BCUT2D eigenvalue weighted by molar-refractivity contribution is -0.145. The van der Waals surface area contributed by atoms with Crippen molar-refractivity contribution in [3.8, 4) is 5.75 Å². The van der Waals surface area contributed by atoms with E-state index in [1.165, 1.54) is 4.90 Å². The number of carbonyl (C=O) groups is 2. The molecule has 0 aliphatic carbocycles. The SMILES string of the molecule is COc1ccc([C@@H]2[C@H]3C(=O)N(C(C)C)C(=O)[C@H]3ON2c2ccc(Cl)cc2)cc1. The number of hydrogen-bond acceptors (Lipinski definition) is 5. The maximum atomic E-state index is 13.1. The van der Waals surface area contributed by atoms with Gasteiger partial charge in [-0.25, -0.2) is 5.06 Å². The van der Waals surface area contributed by atoms with Gasteiger partial charge in [-0.3, -0.25) is 19.3 Å². The summed E-state index contributed by atoms with van der Waals surface area (Å²) in [6, 6.07) is 14.0. The summed E-state index contributed by atoms with van der Waals surface area (Å²) in [6.07, 6.45) is -0.835. The molecular formula is C21H21ClN2O4. The predicted octanol–water partition coefficient (Wildman–Crippen LogP) is 3.60. The number of amides is 2. The Kier molecular flexibility index (Phi) is 4.77. The van der Waals surface area contributed by atoms with Gasteiger partial charge in [0.25, 0.3) is 5.91 Å².